The summed E-state index contributed by atoms with van der Waals surface area (Å²) in [6.07, 6.45) is 0.965. The Hall–Kier alpha value is -2.49. The lowest BCUT2D eigenvalue weighted by molar-refractivity contribution is -0.118. The van der Waals surface area contributed by atoms with Gasteiger partial charge < -0.3 is 14.8 Å². The van der Waals surface area contributed by atoms with Gasteiger partial charge in [0, 0.05) is 5.69 Å². The van der Waals surface area contributed by atoms with Crippen molar-refractivity contribution in [2.45, 2.75) is 40.0 Å². The summed E-state index contributed by atoms with van der Waals surface area (Å²) in [6, 6.07) is 13.5. The molecule has 0 aliphatic heterocycles. The van der Waals surface area contributed by atoms with Gasteiger partial charge >= 0.3 is 0 Å². The SMILES string of the molecule is CCCOc1ccc(NC(=O)COc2cc(C)ccc2C(C)C)cc1. The first-order chi connectivity index (χ1) is 12.0. The van der Waals surface area contributed by atoms with Crippen molar-refractivity contribution in [1.29, 1.82) is 0 Å². The number of rotatable bonds is 8. The lowest BCUT2D eigenvalue weighted by Crippen LogP contribution is -2.20. The Morgan fingerprint density at radius 3 is 2.44 bits per heavy atom. The normalized spacial score (nSPS) is 10.6. The van der Waals surface area contributed by atoms with Crippen LogP contribution in [0.1, 0.15) is 44.2 Å². The van der Waals surface area contributed by atoms with E-state index in [1.54, 1.807) is 0 Å². The third kappa shape index (κ3) is 5.82. The average Bonchev–Trinajstić information content (AvgIpc) is 2.59. The van der Waals surface area contributed by atoms with E-state index in [-0.39, 0.29) is 12.5 Å². The van der Waals surface area contributed by atoms with E-state index in [2.05, 4.69) is 38.2 Å². The molecule has 1 amide bonds. The molecule has 4 heteroatoms. The Morgan fingerprint density at radius 2 is 1.80 bits per heavy atom. The molecule has 2 aromatic rings. The second-order valence-corrected chi connectivity index (χ2v) is 6.41. The molecule has 0 bridgehead atoms. The van der Waals surface area contributed by atoms with Gasteiger partial charge in [-0.2, -0.15) is 0 Å². The van der Waals surface area contributed by atoms with E-state index in [9.17, 15) is 4.79 Å². The zero-order valence-corrected chi connectivity index (χ0v) is 15.5. The van der Waals surface area contributed by atoms with Crippen LogP contribution in [0.4, 0.5) is 5.69 Å². The summed E-state index contributed by atoms with van der Waals surface area (Å²) in [6.45, 7) is 8.97. The maximum absolute atomic E-state index is 12.1. The predicted molar refractivity (Wildman–Crippen MR) is 102 cm³/mol. The summed E-state index contributed by atoms with van der Waals surface area (Å²) < 4.78 is 11.3. The molecule has 0 atom stereocenters. The maximum atomic E-state index is 12.1. The molecule has 0 heterocycles. The zero-order chi connectivity index (χ0) is 18.2. The van der Waals surface area contributed by atoms with Crippen molar-refractivity contribution >= 4 is 11.6 Å². The van der Waals surface area contributed by atoms with Gasteiger partial charge in [0.25, 0.3) is 5.91 Å². The number of hydrogen-bond acceptors (Lipinski definition) is 3. The Labute approximate surface area is 150 Å². The van der Waals surface area contributed by atoms with E-state index in [1.165, 1.54) is 0 Å². The van der Waals surface area contributed by atoms with Gasteiger partial charge in [-0.05, 0) is 60.7 Å². The number of amides is 1. The molecule has 0 radical (unpaired) electrons. The number of carbonyl (C=O) groups is 1. The van der Waals surface area contributed by atoms with Gasteiger partial charge in [0.2, 0.25) is 0 Å². The van der Waals surface area contributed by atoms with Gasteiger partial charge in [-0.15, -0.1) is 0 Å². The first kappa shape index (κ1) is 18.8. The molecule has 1 N–H and O–H groups in total. The van der Waals surface area contributed by atoms with Crippen LogP contribution in [-0.2, 0) is 4.79 Å². The molecule has 0 fully saturated rings. The molecule has 0 spiro atoms. The van der Waals surface area contributed by atoms with Crippen LogP contribution in [0.15, 0.2) is 42.5 Å². The largest absolute Gasteiger partial charge is 0.494 e. The molecule has 0 aliphatic carbocycles. The lowest BCUT2D eigenvalue weighted by atomic mass is 10.0. The molecule has 25 heavy (non-hydrogen) atoms. The van der Waals surface area contributed by atoms with Gasteiger partial charge in [-0.1, -0.05) is 32.9 Å². The van der Waals surface area contributed by atoms with Crippen molar-refractivity contribution in [2.75, 3.05) is 18.5 Å². The summed E-state index contributed by atoms with van der Waals surface area (Å²) in [4.78, 5) is 12.1. The maximum Gasteiger partial charge on any atom is 0.262 e. The van der Waals surface area contributed by atoms with Crippen molar-refractivity contribution in [1.82, 2.24) is 0 Å². The molecule has 2 aromatic carbocycles. The molecule has 4 nitrogen and oxygen atoms in total. The first-order valence-corrected chi connectivity index (χ1v) is 8.75. The molecular weight excluding hydrogens is 314 g/mol. The van der Waals surface area contributed by atoms with Gasteiger partial charge in [-0.3, -0.25) is 4.79 Å². The van der Waals surface area contributed by atoms with Crippen molar-refractivity contribution in [3.8, 4) is 11.5 Å². The molecule has 134 valence electrons. The molecule has 0 aliphatic rings. The number of ether oxygens (including phenoxy) is 2. The van der Waals surface area contributed by atoms with Crippen LogP contribution in [-0.4, -0.2) is 19.1 Å². The molecular formula is C21H27NO3. The second kappa shape index (κ2) is 9.11. The highest BCUT2D eigenvalue weighted by molar-refractivity contribution is 5.91. The van der Waals surface area contributed by atoms with Gasteiger partial charge in [0.15, 0.2) is 6.61 Å². The number of nitrogens with one attached hydrogen (secondary N) is 1. The summed E-state index contributed by atoms with van der Waals surface area (Å²) >= 11 is 0. The van der Waals surface area contributed by atoms with Crippen LogP contribution in [0.2, 0.25) is 0 Å². The Kier molecular flexibility index (Phi) is 6.87. The van der Waals surface area contributed by atoms with Gasteiger partial charge in [0.05, 0.1) is 6.61 Å². The molecule has 0 unspecified atom stereocenters. The number of anilines is 1. The summed E-state index contributed by atoms with van der Waals surface area (Å²) in [5.41, 5.74) is 2.95. The zero-order valence-electron chi connectivity index (χ0n) is 15.5. The van der Waals surface area contributed by atoms with Crippen LogP contribution >= 0.6 is 0 Å². The van der Waals surface area contributed by atoms with Crippen LogP contribution in [0.5, 0.6) is 11.5 Å². The highest BCUT2D eigenvalue weighted by atomic mass is 16.5. The first-order valence-electron chi connectivity index (χ1n) is 8.75. The minimum absolute atomic E-state index is 0.0166. The van der Waals surface area contributed by atoms with Crippen molar-refractivity contribution in [3.63, 3.8) is 0 Å². The average molecular weight is 341 g/mol. The monoisotopic (exact) mass is 341 g/mol. The highest BCUT2D eigenvalue weighted by Gasteiger charge is 2.10. The molecule has 2 rings (SSSR count). The van der Waals surface area contributed by atoms with Crippen molar-refractivity contribution in [2.24, 2.45) is 0 Å². The smallest absolute Gasteiger partial charge is 0.262 e. The Balaban J connectivity index is 1.92. The fourth-order valence-corrected chi connectivity index (χ4v) is 2.44. The van der Waals surface area contributed by atoms with Crippen LogP contribution in [0, 0.1) is 6.92 Å². The van der Waals surface area contributed by atoms with Crippen molar-refractivity contribution < 1.29 is 14.3 Å². The molecule has 0 saturated carbocycles. The van der Waals surface area contributed by atoms with E-state index in [0.29, 0.717) is 12.5 Å². The minimum atomic E-state index is -0.182. The lowest BCUT2D eigenvalue weighted by Gasteiger charge is -2.15. The van der Waals surface area contributed by atoms with Crippen LogP contribution in [0.25, 0.3) is 0 Å². The number of aryl methyl sites for hydroxylation is 1. The summed E-state index contributed by atoms with van der Waals surface area (Å²) in [5, 5.41) is 2.84. The van der Waals surface area contributed by atoms with E-state index in [4.69, 9.17) is 9.47 Å². The van der Waals surface area contributed by atoms with Crippen LogP contribution in [0.3, 0.4) is 0 Å². The highest BCUT2D eigenvalue weighted by Crippen LogP contribution is 2.27. The Morgan fingerprint density at radius 1 is 1.08 bits per heavy atom. The van der Waals surface area contributed by atoms with E-state index < -0.39 is 0 Å². The van der Waals surface area contributed by atoms with Crippen molar-refractivity contribution in [3.05, 3.63) is 53.6 Å². The van der Waals surface area contributed by atoms with Gasteiger partial charge in [0.1, 0.15) is 11.5 Å². The summed E-state index contributed by atoms with van der Waals surface area (Å²) in [5.74, 6) is 1.73. The Bertz CT molecular complexity index is 693. The quantitative estimate of drug-likeness (QED) is 0.741. The number of carbonyl (C=O) groups excluding carboxylic acids is 1. The third-order valence-corrected chi connectivity index (χ3v) is 3.76. The predicted octanol–water partition coefficient (Wildman–Crippen LogP) is 4.92. The minimum Gasteiger partial charge on any atom is -0.494 e. The van der Waals surface area contributed by atoms with Gasteiger partial charge in [-0.25, -0.2) is 0 Å². The van der Waals surface area contributed by atoms with E-state index in [1.807, 2.05) is 37.3 Å². The fraction of sp³-hybridized carbons (Fsp3) is 0.381. The standard InChI is InChI=1S/C21H27NO3/c1-5-12-24-18-9-7-17(8-10-18)22-21(23)14-25-20-13-16(4)6-11-19(20)15(2)3/h6-11,13,15H,5,12,14H2,1-4H3,(H,22,23). The molecule has 0 saturated heterocycles. The fourth-order valence-electron chi connectivity index (χ4n) is 2.44. The van der Waals surface area contributed by atoms with Crippen LogP contribution < -0.4 is 14.8 Å². The van der Waals surface area contributed by atoms with E-state index in [0.717, 1.165) is 34.7 Å². The third-order valence-electron chi connectivity index (χ3n) is 3.76. The topological polar surface area (TPSA) is 47.6 Å². The summed E-state index contributed by atoms with van der Waals surface area (Å²) in [7, 11) is 0. The molecule has 0 aromatic heterocycles. The second-order valence-electron chi connectivity index (χ2n) is 6.41. The number of hydrogen-bond donors (Lipinski definition) is 1. The van der Waals surface area contributed by atoms with E-state index >= 15 is 0 Å². The number of benzene rings is 2.